The Morgan fingerprint density at radius 2 is 1.59 bits per heavy atom. The van der Waals surface area contributed by atoms with E-state index in [1.54, 1.807) is 0 Å². The Morgan fingerprint density at radius 1 is 0.955 bits per heavy atom. The van der Waals surface area contributed by atoms with Crippen molar-refractivity contribution in [3.8, 4) is 0 Å². The van der Waals surface area contributed by atoms with Crippen molar-refractivity contribution in [2.24, 2.45) is 5.92 Å². The van der Waals surface area contributed by atoms with E-state index in [9.17, 15) is 4.79 Å². The first kappa shape index (κ1) is 21.7. The third-order valence-corrected chi connectivity index (χ3v) is 6.72. The van der Waals surface area contributed by atoms with Crippen LogP contribution in [0, 0.1) is 5.92 Å². The highest BCUT2D eigenvalue weighted by atomic mass is 28.1. The monoisotopic (exact) mass is 328 g/mol. The quantitative estimate of drug-likeness (QED) is 0.254. The van der Waals surface area contributed by atoms with E-state index >= 15 is 0 Å². The summed E-state index contributed by atoms with van der Waals surface area (Å²) in [4.78, 5) is 12.7. The summed E-state index contributed by atoms with van der Waals surface area (Å²) in [6.07, 6.45) is 12.9. The maximum Gasteiger partial charge on any atom is 0.308 e. The molecule has 2 unspecified atom stereocenters. The van der Waals surface area contributed by atoms with Gasteiger partial charge in [0.05, 0.1) is 11.6 Å². The number of unbranched alkanes of at least 4 members (excludes halogenated alkanes) is 5. The lowest BCUT2D eigenvalue weighted by Crippen LogP contribution is -2.34. The molecule has 0 aromatic carbocycles. The third-order valence-electron chi connectivity index (χ3n) is 5.00. The molecule has 0 saturated carbocycles. The molecule has 0 aromatic heterocycles. The zero-order valence-corrected chi connectivity index (χ0v) is 17.9. The third kappa shape index (κ3) is 7.80. The van der Waals surface area contributed by atoms with E-state index in [1.165, 1.54) is 32.1 Å². The van der Waals surface area contributed by atoms with Gasteiger partial charge < -0.3 is 4.74 Å². The van der Waals surface area contributed by atoms with Gasteiger partial charge in [-0.3, -0.25) is 4.79 Å². The van der Waals surface area contributed by atoms with Crippen LogP contribution in [-0.4, -0.2) is 22.8 Å². The second kappa shape index (κ2) is 13.2. The average molecular weight is 329 g/mol. The molecule has 0 rings (SSSR count). The summed E-state index contributed by atoms with van der Waals surface area (Å²) in [6.45, 7) is 9.50. The molecule has 3 heteroatoms. The molecule has 0 aliphatic carbocycles. The number of rotatable bonds is 14. The molecule has 0 heterocycles. The van der Waals surface area contributed by atoms with Gasteiger partial charge in [-0.15, -0.1) is 0 Å². The number of carbonyl (C=O) groups excluding carboxylic acids is 1. The minimum atomic E-state index is -0.151. The van der Waals surface area contributed by atoms with Crippen LogP contribution in [0.15, 0.2) is 0 Å². The fraction of sp³-hybridized carbons (Fsp3) is 0.947. The van der Waals surface area contributed by atoms with Crippen LogP contribution in [0.2, 0.25) is 5.04 Å². The van der Waals surface area contributed by atoms with Crippen molar-refractivity contribution in [1.29, 1.82) is 0 Å². The molecular weight excluding hydrogens is 288 g/mol. The van der Waals surface area contributed by atoms with Gasteiger partial charge in [-0.25, -0.2) is 0 Å². The Hall–Kier alpha value is -0.313. The topological polar surface area (TPSA) is 26.3 Å². The Labute approximate surface area is 142 Å². The molecule has 0 fully saturated rings. The zero-order chi connectivity index (χ0) is 16.8. The highest BCUT2D eigenvalue weighted by Gasteiger charge is 2.40. The van der Waals surface area contributed by atoms with Crippen LogP contribution in [0.4, 0.5) is 0 Å². The van der Waals surface area contributed by atoms with Crippen LogP contribution < -0.4 is 0 Å². The van der Waals surface area contributed by atoms with Crippen molar-refractivity contribution in [2.75, 3.05) is 6.61 Å². The molecule has 0 radical (unpaired) electrons. The van der Waals surface area contributed by atoms with E-state index in [2.05, 4.69) is 27.7 Å². The van der Waals surface area contributed by atoms with Crippen LogP contribution in [-0.2, 0) is 9.53 Å². The zero-order valence-electron chi connectivity index (χ0n) is 15.9. The lowest BCUT2D eigenvalue weighted by atomic mass is 9.82. The molecule has 132 valence electrons. The molecule has 0 aromatic rings. The standard InChI is InChI=1S/C19H40O2Si/c1-5-9-10-11-12-13-16-21-18(20)19(22,15-7-3)17(8-4)14-6-2/h17H,5-16H2,1-4,22H3. The molecule has 0 N–H and O–H groups in total. The van der Waals surface area contributed by atoms with Crippen LogP contribution in [0.5, 0.6) is 0 Å². The smallest absolute Gasteiger partial charge is 0.308 e. The molecule has 22 heavy (non-hydrogen) atoms. The summed E-state index contributed by atoms with van der Waals surface area (Å²) in [7, 11) is 0.915. The summed E-state index contributed by atoms with van der Waals surface area (Å²) in [6, 6.07) is 0. The second-order valence-corrected chi connectivity index (χ2v) is 8.75. The molecule has 0 aliphatic rings. The number of esters is 1. The van der Waals surface area contributed by atoms with Crippen molar-refractivity contribution in [3.05, 3.63) is 0 Å². The van der Waals surface area contributed by atoms with Gasteiger partial charge in [0.2, 0.25) is 0 Å². The fourth-order valence-electron chi connectivity index (χ4n) is 3.53. The largest absolute Gasteiger partial charge is 0.466 e. The average Bonchev–Trinajstić information content (AvgIpc) is 2.51. The number of carbonyl (C=O) groups is 1. The highest BCUT2D eigenvalue weighted by Crippen LogP contribution is 2.43. The highest BCUT2D eigenvalue weighted by molar-refractivity contribution is 6.27. The normalized spacial score (nSPS) is 15.5. The molecule has 0 amide bonds. The Balaban J connectivity index is 4.29. The first-order chi connectivity index (χ1) is 10.6. The molecular formula is C19H40O2Si. The molecule has 2 atom stereocenters. The van der Waals surface area contributed by atoms with Gasteiger partial charge in [0.1, 0.15) is 0 Å². The van der Waals surface area contributed by atoms with Gasteiger partial charge in [0, 0.05) is 10.2 Å². The number of ether oxygens (including phenoxy) is 1. The first-order valence-corrected chi connectivity index (χ1v) is 10.7. The molecule has 0 bridgehead atoms. The van der Waals surface area contributed by atoms with Crippen molar-refractivity contribution in [3.63, 3.8) is 0 Å². The van der Waals surface area contributed by atoms with Crippen molar-refractivity contribution >= 4 is 16.2 Å². The first-order valence-electron chi connectivity index (χ1n) is 9.73. The minimum absolute atomic E-state index is 0.106. The molecule has 0 aliphatic heterocycles. The van der Waals surface area contributed by atoms with Crippen molar-refractivity contribution in [1.82, 2.24) is 0 Å². The van der Waals surface area contributed by atoms with Gasteiger partial charge in [-0.2, -0.15) is 0 Å². The van der Waals surface area contributed by atoms with Crippen LogP contribution in [0.25, 0.3) is 0 Å². The SMILES string of the molecule is CCCCCCCCOC(=O)C([SiH3])(CCC)C(CC)CCC. The summed E-state index contributed by atoms with van der Waals surface area (Å²) in [5.41, 5.74) is 0. The van der Waals surface area contributed by atoms with E-state index < -0.39 is 0 Å². The Kier molecular flexibility index (Phi) is 13.0. The number of hydrogen-bond donors (Lipinski definition) is 0. The van der Waals surface area contributed by atoms with E-state index in [4.69, 9.17) is 4.74 Å². The summed E-state index contributed by atoms with van der Waals surface area (Å²) in [5, 5.41) is -0.151. The Morgan fingerprint density at radius 3 is 2.14 bits per heavy atom. The van der Waals surface area contributed by atoms with Gasteiger partial charge in [0.25, 0.3) is 0 Å². The molecule has 0 spiro atoms. The van der Waals surface area contributed by atoms with Crippen molar-refractivity contribution in [2.45, 2.75) is 103 Å². The van der Waals surface area contributed by atoms with Crippen molar-refractivity contribution < 1.29 is 9.53 Å². The Bertz CT molecular complexity index is 281. The maximum absolute atomic E-state index is 12.7. The molecule has 0 saturated heterocycles. The summed E-state index contributed by atoms with van der Waals surface area (Å²) in [5.74, 6) is 0.621. The van der Waals surface area contributed by atoms with Gasteiger partial charge in [0.15, 0.2) is 0 Å². The minimum Gasteiger partial charge on any atom is -0.466 e. The lowest BCUT2D eigenvalue weighted by molar-refractivity contribution is -0.149. The summed E-state index contributed by atoms with van der Waals surface area (Å²) < 4.78 is 5.69. The van der Waals surface area contributed by atoms with Crippen LogP contribution >= 0.6 is 0 Å². The van der Waals surface area contributed by atoms with E-state index in [0.29, 0.717) is 12.5 Å². The van der Waals surface area contributed by atoms with Gasteiger partial charge in [-0.05, 0) is 25.2 Å². The second-order valence-electron chi connectivity index (χ2n) is 6.96. The molecule has 2 nitrogen and oxygen atoms in total. The van der Waals surface area contributed by atoms with Crippen LogP contribution in [0.3, 0.4) is 0 Å². The van der Waals surface area contributed by atoms with E-state index in [1.807, 2.05) is 0 Å². The predicted molar refractivity (Wildman–Crippen MR) is 101 cm³/mol. The van der Waals surface area contributed by atoms with Gasteiger partial charge in [-0.1, -0.05) is 79.1 Å². The summed E-state index contributed by atoms with van der Waals surface area (Å²) >= 11 is 0. The lowest BCUT2D eigenvalue weighted by Gasteiger charge is -2.35. The van der Waals surface area contributed by atoms with Crippen LogP contribution in [0.1, 0.15) is 98.3 Å². The van der Waals surface area contributed by atoms with E-state index in [-0.39, 0.29) is 11.0 Å². The maximum atomic E-state index is 12.7. The van der Waals surface area contributed by atoms with Gasteiger partial charge >= 0.3 is 5.97 Å². The fourth-order valence-corrected chi connectivity index (χ4v) is 4.87. The predicted octanol–water partition coefficient (Wildman–Crippen LogP) is 5.04. The van der Waals surface area contributed by atoms with E-state index in [0.717, 1.165) is 48.8 Å². The number of hydrogen-bond acceptors (Lipinski definition) is 2.